The van der Waals surface area contributed by atoms with Crippen LogP contribution in [0.3, 0.4) is 0 Å². The van der Waals surface area contributed by atoms with Crippen LogP contribution in [-0.4, -0.2) is 15.2 Å². The van der Waals surface area contributed by atoms with Crippen molar-refractivity contribution in [2.45, 2.75) is 107 Å². The van der Waals surface area contributed by atoms with Gasteiger partial charge in [0.1, 0.15) is 0 Å². The molecule has 0 aliphatic heterocycles. The average molecular weight is 617 g/mol. The summed E-state index contributed by atoms with van der Waals surface area (Å²) in [6, 6.07) is 11.8. The second kappa shape index (κ2) is 13.3. The summed E-state index contributed by atoms with van der Waals surface area (Å²) in [6.45, 7) is 11.4. The van der Waals surface area contributed by atoms with Gasteiger partial charge < -0.3 is 14.9 Å². The van der Waals surface area contributed by atoms with Gasteiger partial charge in [-0.05, 0) is 65.5 Å². The second-order valence-electron chi connectivity index (χ2n) is 12.5. The van der Waals surface area contributed by atoms with Crippen LogP contribution in [0.2, 0.25) is 37.3 Å². The van der Waals surface area contributed by atoms with Crippen LogP contribution in [0.4, 0.5) is 0 Å². The molecule has 0 saturated heterocycles. The van der Waals surface area contributed by atoms with E-state index < -0.39 is 36.0 Å². The Hall–Kier alpha value is 1.12. The van der Waals surface area contributed by atoms with Gasteiger partial charge in [0.25, 0.3) is 0 Å². The van der Waals surface area contributed by atoms with Gasteiger partial charge in [-0.1, -0.05) is 101 Å². The van der Waals surface area contributed by atoms with E-state index in [0.717, 1.165) is 40.7 Å². The van der Waals surface area contributed by atoms with Gasteiger partial charge in [0, 0.05) is 15.2 Å². The van der Waals surface area contributed by atoms with Crippen LogP contribution in [-0.2, 0) is 20.8 Å². The van der Waals surface area contributed by atoms with Gasteiger partial charge in [0.2, 0.25) is 0 Å². The van der Waals surface area contributed by atoms with E-state index in [-0.39, 0.29) is 14.9 Å². The van der Waals surface area contributed by atoms with Crippen LogP contribution in [0.25, 0.3) is 0 Å². The van der Waals surface area contributed by atoms with Crippen molar-refractivity contribution < 1.29 is 20.8 Å². The van der Waals surface area contributed by atoms with Crippen molar-refractivity contribution in [3.8, 4) is 0 Å². The van der Waals surface area contributed by atoms with Gasteiger partial charge >= 0.3 is 37.9 Å². The Labute approximate surface area is 233 Å². The SMILES string of the molecule is C[Si](C)(C1CCCC1)[Si](C)(C)C1CCC2C1CC1CCCC1C2c1ccccc1.[CH3-].[CH3-].[Cl][Zr+2][Cl]. The van der Waals surface area contributed by atoms with Crippen LogP contribution in [0.15, 0.2) is 30.3 Å². The van der Waals surface area contributed by atoms with Crippen molar-refractivity contribution in [2.75, 3.05) is 0 Å². The van der Waals surface area contributed by atoms with Gasteiger partial charge in [0.15, 0.2) is 0 Å². The van der Waals surface area contributed by atoms with E-state index in [1.165, 1.54) is 32.1 Å². The maximum absolute atomic E-state index is 4.93. The third-order valence-corrected chi connectivity index (χ3v) is 32.1. The van der Waals surface area contributed by atoms with Crippen molar-refractivity contribution in [3.05, 3.63) is 50.7 Å². The zero-order valence-electron chi connectivity index (χ0n) is 22.8. The van der Waals surface area contributed by atoms with Crippen LogP contribution in [0.1, 0.15) is 75.7 Å². The molecule has 6 unspecified atom stereocenters. The third kappa shape index (κ3) is 5.90. The quantitative estimate of drug-likeness (QED) is 0.233. The molecule has 5 rings (SSSR count). The molecule has 4 aliphatic carbocycles. The predicted molar refractivity (Wildman–Crippen MR) is 156 cm³/mol. The zero-order chi connectivity index (χ0) is 22.9. The predicted octanol–water partition coefficient (Wildman–Crippen LogP) is 10.7. The maximum atomic E-state index is 4.93. The molecule has 0 N–H and O–H groups in total. The fraction of sp³-hybridized carbons (Fsp3) is 0.724. The fourth-order valence-electron chi connectivity index (χ4n) is 9.10. The van der Waals surface area contributed by atoms with Crippen molar-refractivity contribution in [1.29, 1.82) is 0 Å². The average Bonchev–Trinajstić information content (AvgIpc) is 3.53. The molecule has 1 aromatic rings. The summed E-state index contributed by atoms with van der Waals surface area (Å²) in [6.07, 6.45) is 15.5. The molecule has 0 amide bonds. The number of hydrogen-bond acceptors (Lipinski definition) is 0. The normalized spacial score (nSPS) is 32.9. The molecule has 192 valence electrons. The Balaban J connectivity index is 0.000000778. The van der Waals surface area contributed by atoms with Crippen LogP contribution in [0, 0.1) is 38.5 Å². The zero-order valence-corrected chi connectivity index (χ0v) is 28.7. The Morgan fingerprint density at radius 1 is 0.706 bits per heavy atom. The molecule has 34 heavy (non-hydrogen) atoms. The first-order valence-electron chi connectivity index (χ1n) is 13.3. The van der Waals surface area contributed by atoms with Gasteiger partial charge in [-0.25, -0.2) is 0 Å². The summed E-state index contributed by atoms with van der Waals surface area (Å²) in [5.41, 5.74) is 3.98. The molecular weight excluding hydrogens is 567 g/mol. The van der Waals surface area contributed by atoms with Gasteiger partial charge in [-0.3, -0.25) is 0 Å². The van der Waals surface area contributed by atoms with E-state index >= 15 is 0 Å². The Kier molecular flexibility index (Phi) is 12.2. The molecule has 0 spiro atoms. The van der Waals surface area contributed by atoms with Gasteiger partial charge in [-0.15, -0.1) is 0 Å². The summed E-state index contributed by atoms with van der Waals surface area (Å²) in [5, 5.41) is 0. The molecule has 4 saturated carbocycles. The summed E-state index contributed by atoms with van der Waals surface area (Å²) in [7, 11) is 7.53. The summed E-state index contributed by atoms with van der Waals surface area (Å²) < 4.78 is 0. The number of fused-ring (bicyclic) bond motifs is 2. The Morgan fingerprint density at radius 3 is 1.94 bits per heavy atom. The first kappa shape index (κ1) is 31.3. The number of rotatable bonds is 4. The minimum atomic E-state index is -1.21. The van der Waals surface area contributed by atoms with E-state index in [9.17, 15) is 0 Å². The van der Waals surface area contributed by atoms with Crippen molar-refractivity contribution in [2.24, 2.45) is 23.7 Å². The third-order valence-electron chi connectivity index (χ3n) is 11.2. The van der Waals surface area contributed by atoms with Crippen molar-refractivity contribution >= 4 is 32.2 Å². The fourth-order valence-corrected chi connectivity index (χ4v) is 23.3. The molecule has 5 heteroatoms. The number of halogens is 2. The number of hydrogen-bond donors (Lipinski definition) is 0. The van der Waals surface area contributed by atoms with E-state index in [2.05, 4.69) is 56.5 Å². The monoisotopic (exact) mass is 614 g/mol. The first-order valence-corrected chi connectivity index (χ1v) is 26.8. The second-order valence-corrected chi connectivity index (χ2v) is 32.4. The molecule has 0 bridgehead atoms. The standard InChI is InChI=1S/C27H44Si2.2CH3.2ClH.Zr/c1-28(2,22-14-8-9-15-22)29(3,4)26-18-17-24-25(26)19-21-13-10-16-23(21)27(24)20-11-6-5-7-12-20;;;;;/h5-7,11-12,21-27H,8-10,13-19H2,1-4H3;2*1H3;2*1H;/q;2*-1;;;+4/p-2. The molecule has 6 atom stereocenters. The first-order chi connectivity index (χ1) is 15.3. The van der Waals surface area contributed by atoms with Crippen LogP contribution in [0.5, 0.6) is 0 Å². The van der Waals surface area contributed by atoms with Crippen molar-refractivity contribution in [3.63, 3.8) is 0 Å². The molecule has 0 radical (unpaired) electrons. The van der Waals surface area contributed by atoms with Gasteiger partial charge in [-0.2, -0.15) is 0 Å². The van der Waals surface area contributed by atoms with E-state index in [1.807, 2.05) is 0 Å². The molecule has 0 aromatic heterocycles. The summed E-state index contributed by atoms with van der Waals surface area (Å²) in [4.78, 5) is 0. The van der Waals surface area contributed by atoms with Crippen molar-refractivity contribution in [1.82, 2.24) is 0 Å². The van der Waals surface area contributed by atoms with Gasteiger partial charge in [0.05, 0.1) is 0 Å². The minimum absolute atomic E-state index is 0. The molecule has 0 nitrogen and oxygen atoms in total. The number of benzene rings is 1. The molecule has 4 fully saturated rings. The summed E-state index contributed by atoms with van der Waals surface area (Å²) >= 11 is -0.826. The summed E-state index contributed by atoms with van der Waals surface area (Å²) in [5.74, 6) is 5.00. The van der Waals surface area contributed by atoms with Crippen LogP contribution >= 0.6 is 17.0 Å². The topological polar surface area (TPSA) is 0 Å². The van der Waals surface area contributed by atoms with E-state index in [0.29, 0.717) is 0 Å². The Morgan fingerprint density at radius 2 is 1.32 bits per heavy atom. The van der Waals surface area contributed by atoms with E-state index in [1.54, 1.807) is 37.7 Å². The molecular formula is C29H50Cl2Si2Zr. The van der Waals surface area contributed by atoms with Crippen LogP contribution < -0.4 is 0 Å². The Bertz CT molecular complexity index is 735. The molecule has 1 aromatic carbocycles. The molecule has 4 aliphatic rings. The van der Waals surface area contributed by atoms with E-state index in [4.69, 9.17) is 17.0 Å². The molecule has 0 heterocycles.